The summed E-state index contributed by atoms with van der Waals surface area (Å²) in [5.74, 6) is -2.42. The molecule has 0 spiro atoms. The minimum Gasteiger partial charge on any atom is -0.462 e. The third kappa shape index (κ3) is 8.56. The van der Waals surface area contributed by atoms with Crippen LogP contribution in [0.3, 0.4) is 0 Å². The molecule has 5 N–H and O–H groups in total. The number of aliphatic hydroxyl groups is 2. The predicted molar refractivity (Wildman–Crippen MR) is 133 cm³/mol. The van der Waals surface area contributed by atoms with Gasteiger partial charge < -0.3 is 28.9 Å². The first kappa shape index (κ1) is 31.8. The molecule has 1 aromatic heterocycles. The van der Waals surface area contributed by atoms with E-state index in [1.54, 1.807) is 27.7 Å². The molecule has 0 saturated carbocycles. The lowest BCUT2D eigenvalue weighted by Gasteiger charge is -2.28. The van der Waals surface area contributed by atoms with Crippen LogP contribution in [-0.2, 0) is 32.9 Å². The van der Waals surface area contributed by atoms with E-state index in [0.717, 1.165) is 16.8 Å². The molecule has 1 aromatic rings. The van der Waals surface area contributed by atoms with Gasteiger partial charge in [0, 0.05) is 18.2 Å². The number of nitrogens with one attached hydrogen (secondary N) is 3. The topological polar surface area (TPSA) is 208 Å². The Labute approximate surface area is 219 Å². The van der Waals surface area contributed by atoms with Gasteiger partial charge in [0.1, 0.15) is 18.2 Å². The van der Waals surface area contributed by atoms with E-state index >= 15 is 0 Å². The monoisotopic (exact) mass is 564 g/mol. The first-order valence-electron chi connectivity index (χ1n) is 12.1. The Hall–Kier alpha value is -2.39. The summed E-state index contributed by atoms with van der Waals surface area (Å²) in [4.78, 5) is 50.3. The van der Waals surface area contributed by atoms with Gasteiger partial charge in [-0.3, -0.25) is 28.5 Å². The van der Waals surface area contributed by atoms with E-state index in [-0.39, 0.29) is 0 Å². The second kappa shape index (κ2) is 13.6. The lowest BCUT2D eigenvalue weighted by atomic mass is 9.99. The van der Waals surface area contributed by atoms with Gasteiger partial charge in [0.2, 0.25) is 0 Å². The fourth-order valence-electron chi connectivity index (χ4n) is 3.61. The lowest BCUT2D eigenvalue weighted by molar-refractivity contribution is -0.149. The van der Waals surface area contributed by atoms with Crippen LogP contribution in [0, 0.1) is 5.92 Å². The van der Waals surface area contributed by atoms with Crippen LogP contribution in [0.5, 0.6) is 0 Å². The van der Waals surface area contributed by atoms with Crippen molar-refractivity contribution in [1.29, 1.82) is 0 Å². The third-order valence-electron chi connectivity index (χ3n) is 5.42. The number of carbonyl (C=O) groups is 2. The number of nitrogens with zero attached hydrogens (tertiary/aromatic N) is 1. The van der Waals surface area contributed by atoms with Gasteiger partial charge in [0.15, 0.2) is 6.23 Å². The summed E-state index contributed by atoms with van der Waals surface area (Å²) in [7, 11) is -4.20. The van der Waals surface area contributed by atoms with Crippen LogP contribution < -0.4 is 21.4 Å². The highest BCUT2D eigenvalue weighted by atomic mass is 31.2. The normalized spacial score (nSPS) is 24.7. The molecule has 2 rings (SSSR count). The smallest absolute Gasteiger partial charge is 0.342 e. The number of ether oxygens (including phenoxy) is 3. The fraction of sp³-hybridized carbons (Fsp3) is 0.727. The van der Waals surface area contributed by atoms with E-state index in [1.165, 1.54) is 13.8 Å². The molecule has 1 aliphatic heterocycles. The molecule has 216 valence electrons. The van der Waals surface area contributed by atoms with Gasteiger partial charge in [-0.15, -0.1) is 0 Å². The van der Waals surface area contributed by atoms with Crippen molar-refractivity contribution in [3.63, 3.8) is 0 Å². The summed E-state index contributed by atoms with van der Waals surface area (Å²) in [5, 5.41) is 25.6. The highest BCUT2D eigenvalue weighted by Gasteiger charge is 2.46. The largest absolute Gasteiger partial charge is 0.462 e. The van der Waals surface area contributed by atoms with Gasteiger partial charge in [0.25, 0.3) is 5.56 Å². The maximum Gasteiger partial charge on any atom is 0.342 e. The number of carbonyl (C=O) groups excluding carboxylic acids is 2. The molecule has 16 heteroatoms. The van der Waals surface area contributed by atoms with Gasteiger partial charge >= 0.3 is 25.3 Å². The van der Waals surface area contributed by atoms with Crippen molar-refractivity contribution in [3.05, 3.63) is 33.1 Å². The number of H-pyrrole nitrogens is 1. The second-order valence-electron chi connectivity index (χ2n) is 9.44. The molecule has 1 saturated heterocycles. The molecule has 0 aliphatic carbocycles. The van der Waals surface area contributed by atoms with Gasteiger partial charge in [-0.1, -0.05) is 0 Å². The maximum atomic E-state index is 13.8. The number of hydrogen-bond donors (Lipinski definition) is 5. The average molecular weight is 565 g/mol. The second-order valence-corrected chi connectivity index (χ2v) is 11.3. The van der Waals surface area contributed by atoms with Crippen LogP contribution in [0.4, 0.5) is 0 Å². The van der Waals surface area contributed by atoms with Crippen LogP contribution in [0.2, 0.25) is 0 Å². The zero-order chi connectivity index (χ0) is 28.8. The molecular formula is C22H37N4O11P. The van der Waals surface area contributed by atoms with Crippen molar-refractivity contribution >= 4 is 19.6 Å². The fourth-order valence-corrected chi connectivity index (χ4v) is 5.42. The standard InChI is InChI=1S/C22H37N4O11P/c1-11(2)35-20(30)13(5)24-38(33,25-14(6)21(31)36-12(3)4)34-10-16-15(9-27)18(29)19(37-16)26-8-7-17(28)23-22(26)32/h7-8,11-16,18-19,27,29H,9-10H2,1-6H3,(H,23,28,32)(H2,24,25,33). The Balaban J connectivity index is 2.24. The Morgan fingerprint density at radius 1 is 1.08 bits per heavy atom. The quantitative estimate of drug-likeness (QED) is 0.150. The molecule has 38 heavy (non-hydrogen) atoms. The van der Waals surface area contributed by atoms with E-state index in [0.29, 0.717) is 0 Å². The minimum atomic E-state index is -4.20. The molecule has 1 fully saturated rings. The number of hydrogen-bond acceptors (Lipinski definition) is 11. The zero-order valence-corrected chi connectivity index (χ0v) is 23.0. The summed E-state index contributed by atoms with van der Waals surface area (Å²) >= 11 is 0. The maximum absolute atomic E-state index is 13.8. The predicted octanol–water partition coefficient (Wildman–Crippen LogP) is -0.612. The number of aromatic amines is 1. The molecule has 6 unspecified atom stereocenters. The SMILES string of the molecule is CC(C)OC(=O)C(C)NP(=O)(NC(C)C(=O)OC(C)C)OCC1OC(n2ccc(=O)[nH]c2=O)C(O)C1CO. The molecule has 0 aromatic carbocycles. The van der Waals surface area contributed by atoms with E-state index in [1.807, 2.05) is 4.98 Å². The van der Waals surface area contributed by atoms with Crippen molar-refractivity contribution < 1.29 is 43.1 Å². The first-order valence-corrected chi connectivity index (χ1v) is 13.8. The van der Waals surface area contributed by atoms with Gasteiger partial charge in [0.05, 0.1) is 31.5 Å². The zero-order valence-electron chi connectivity index (χ0n) is 22.2. The van der Waals surface area contributed by atoms with E-state index in [9.17, 15) is 34.0 Å². The summed E-state index contributed by atoms with van der Waals surface area (Å²) in [6.45, 7) is 8.29. The molecule has 2 heterocycles. The lowest BCUT2D eigenvalue weighted by Crippen LogP contribution is -2.43. The Morgan fingerprint density at radius 3 is 2.05 bits per heavy atom. The molecule has 0 amide bonds. The van der Waals surface area contributed by atoms with Gasteiger partial charge in [-0.25, -0.2) is 15.0 Å². The number of rotatable bonds is 13. The van der Waals surface area contributed by atoms with Gasteiger partial charge in [-0.2, -0.15) is 0 Å². The van der Waals surface area contributed by atoms with Crippen molar-refractivity contribution in [2.45, 2.75) is 84.3 Å². The Kier molecular flexibility index (Phi) is 11.4. The van der Waals surface area contributed by atoms with Crippen LogP contribution >= 0.6 is 7.67 Å². The average Bonchev–Trinajstić information content (AvgIpc) is 3.11. The van der Waals surface area contributed by atoms with E-state index in [2.05, 4.69) is 10.2 Å². The Bertz CT molecular complexity index is 1090. The van der Waals surface area contributed by atoms with Crippen LogP contribution in [-0.4, -0.2) is 81.4 Å². The number of esters is 2. The van der Waals surface area contributed by atoms with E-state index in [4.69, 9.17) is 18.7 Å². The summed E-state index contributed by atoms with van der Waals surface area (Å²) in [5.41, 5.74) is -1.49. The van der Waals surface area contributed by atoms with E-state index < -0.39 is 92.7 Å². The summed E-state index contributed by atoms with van der Waals surface area (Å²) < 4.78 is 36.3. The Morgan fingerprint density at radius 2 is 1.61 bits per heavy atom. The van der Waals surface area contributed by atoms with Crippen molar-refractivity contribution in [1.82, 2.24) is 19.7 Å². The molecular weight excluding hydrogens is 527 g/mol. The number of aromatic nitrogens is 2. The highest BCUT2D eigenvalue weighted by molar-refractivity contribution is 7.54. The van der Waals surface area contributed by atoms with Crippen LogP contribution in [0.1, 0.15) is 47.8 Å². The molecule has 1 aliphatic rings. The van der Waals surface area contributed by atoms with Crippen LogP contribution in [0.25, 0.3) is 0 Å². The van der Waals surface area contributed by atoms with Gasteiger partial charge in [-0.05, 0) is 41.5 Å². The molecule has 0 bridgehead atoms. The molecule has 6 atom stereocenters. The van der Waals surface area contributed by atoms with Crippen molar-refractivity contribution in [2.24, 2.45) is 5.92 Å². The van der Waals surface area contributed by atoms with Crippen molar-refractivity contribution in [2.75, 3.05) is 13.2 Å². The highest BCUT2D eigenvalue weighted by Crippen LogP contribution is 2.42. The van der Waals surface area contributed by atoms with Crippen LogP contribution in [0.15, 0.2) is 21.9 Å². The summed E-state index contributed by atoms with van der Waals surface area (Å²) in [6, 6.07) is -1.19. The third-order valence-corrected chi connectivity index (χ3v) is 7.38. The molecule has 0 radical (unpaired) electrons. The summed E-state index contributed by atoms with van der Waals surface area (Å²) in [6.07, 6.45) is -3.50. The van der Waals surface area contributed by atoms with Crippen molar-refractivity contribution in [3.8, 4) is 0 Å². The minimum absolute atomic E-state index is 0.438. The first-order chi connectivity index (χ1) is 17.7. The molecule has 15 nitrogen and oxygen atoms in total. The number of aliphatic hydroxyl groups excluding tert-OH is 2.